The molecular formula is C27H37Cl2N3O4S. The minimum atomic E-state index is -3.55. The monoisotopic (exact) mass is 569 g/mol. The number of sulfonamides is 1. The first-order valence-electron chi connectivity index (χ1n) is 12.2. The summed E-state index contributed by atoms with van der Waals surface area (Å²) in [5.74, 6) is -0.499. The van der Waals surface area contributed by atoms with Crippen LogP contribution in [-0.2, 0) is 26.2 Å². The number of amides is 2. The second kappa shape index (κ2) is 13.0. The Morgan fingerprint density at radius 2 is 1.73 bits per heavy atom. The fourth-order valence-electron chi connectivity index (χ4n) is 3.99. The summed E-state index contributed by atoms with van der Waals surface area (Å²) >= 11 is 12.3. The minimum absolute atomic E-state index is 0.0679. The van der Waals surface area contributed by atoms with Crippen molar-refractivity contribution in [3.05, 3.63) is 63.6 Å². The summed E-state index contributed by atoms with van der Waals surface area (Å²) in [5, 5.41) is 3.73. The Morgan fingerprint density at radius 3 is 2.27 bits per heavy atom. The van der Waals surface area contributed by atoms with E-state index < -0.39 is 21.6 Å². The molecule has 0 radical (unpaired) electrons. The number of benzene rings is 2. The van der Waals surface area contributed by atoms with E-state index in [0.29, 0.717) is 22.2 Å². The minimum Gasteiger partial charge on any atom is -0.350 e. The van der Waals surface area contributed by atoms with Gasteiger partial charge in [-0.25, -0.2) is 8.42 Å². The fourth-order valence-corrected chi connectivity index (χ4v) is 5.27. The first kappa shape index (κ1) is 30.9. The fraction of sp³-hybridized carbons (Fsp3) is 0.481. The van der Waals surface area contributed by atoms with Crippen LogP contribution in [0.2, 0.25) is 10.0 Å². The van der Waals surface area contributed by atoms with E-state index in [0.717, 1.165) is 17.4 Å². The first-order chi connectivity index (χ1) is 17.1. The maximum atomic E-state index is 13.5. The Hall–Kier alpha value is -2.29. The second-order valence-electron chi connectivity index (χ2n) is 10.2. The highest BCUT2D eigenvalue weighted by Gasteiger charge is 2.31. The summed E-state index contributed by atoms with van der Waals surface area (Å²) in [6, 6.07) is 11.6. The van der Waals surface area contributed by atoms with E-state index >= 15 is 0 Å². The third-order valence-corrected chi connectivity index (χ3v) is 7.60. The van der Waals surface area contributed by atoms with Crippen LogP contribution in [-0.4, -0.2) is 49.5 Å². The molecule has 7 nitrogen and oxygen atoms in total. The molecule has 0 unspecified atom stereocenters. The number of nitrogens with zero attached hydrogens (tertiary/aromatic N) is 2. The van der Waals surface area contributed by atoms with Gasteiger partial charge in [0.2, 0.25) is 21.8 Å². The van der Waals surface area contributed by atoms with Crippen LogP contribution in [0.5, 0.6) is 0 Å². The van der Waals surface area contributed by atoms with E-state index in [4.69, 9.17) is 23.2 Å². The molecule has 0 aliphatic rings. The number of rotatable bonds is 11. The van der Waals surface area contributed by atoms with E-state index in [1.807, 2.05) is 40.7 Å². The van der Waals surface area contributed by atoms with E-state index in [1.165, 1.54) is 9.21 Å². The van der Waals surface area contributed by atoms with Crippen LogP contribution in [0.1, 0.15) is 58.1 Å². The van der Waals surface area contributed by atoms with E-state index in [2.05, 4.69) is 5.32 Å². The van der Waals surface area contributed by atoms with Gasteiger partial charge in [0.1, 0.15) is 6.04 Å². The highest BCUT2D eigenvalue weighted by Crippen LogP contribution is 2.25. The van der Waals surface area contributed by atoms with Gasteiger partial charge in [-0.2, -0.15) is 0 Å². The number of anilines is 1. The lowest BCUT2D eigenvalue weighted by atomic mass is 10.0. The Bertz CT molecular complexity index is 1210. The molecule has 0 bridgehead atoms. The zero-order chi connectivity index (χ0) is 28.0. The molecule has 2 aromatic carbocycles. The molecule has 10 heteroatoms. The second-order valence-corrected chi connectivity index (χ2v) is 12.9. The van der Waals surface area contributed by atoms with Gasteiger partial charge >= 0.3 is 0 Å². The molecule has 0 spiro atoms. The molecule has 2 amide bonds. The van der Waals surface area contributed by atoms with Gasteiger partial charge in [-0.15, -0.1) is 0 Å². The van der Waals surface area contributed by atoms with Crippen molar-refractivity contribution in [3.8, 4) is 0 Å². The largest absolute Gasteiger partial charge is 0.350 e. The average molecular weight is 571 g/mol. The van der Waals surface area contributed by atoms with Crippen LogP contribution >= 0.6 is 23.2 Å². The molecule has 1 atom stereocenters. The molecule has 0 heterocycles. The lowest BCUT2D eigenvalue weighted by Gasteiger charge is -2.33. The van der Waals surface area contributed by atoms with Crippen molar-refractivity contribution < 1.29 is 18.0 Å². The molecule has 1 N–H and O–H groups in total. The van der Waals surface area contributed by atoms with E-state index in [1.54, 1.807) is 36.4 Å². The summed E-state index contributed by atoms with van der Waals surface area (Å²) in [6.45, 7) is 9.70. The molecule has 0 saturated heterocycles. The van der Waals surface area contributed by atoms with Gasteiger partial charge in [0.25, 0.3) is 0 Å². The van der Waals surface area contributed by atoms with Crippen molar-refractivity contribution in [3.63, 3.8) is 0 Å². The van der Waals surface area contributed by atoms with Crippen molar-refractivity contribution in [1.82, 2.24) is 10.2 Å². The van der Waals surface area contributed by atoms with Crippen molar-refractivity contribution in [2.45, 2.75) is 72.0 Å². The Balaban J connectivity index is 2.27. The molecule has 2 aromatic rings. The predicted molar refractivity (Wildman–Crippen MR) is 152 cm³/mol. The van der Waals surface area contributed by atoms with Crippen LogP contribution < -0.4 is 9.62 Å². The summed E-state index contributed by atoms with van der Waals surface area (Å²) in [4.78, 5) is 28.2. The van der Waals surface area contributed by atoms with Gasteiger partial charge in [-0.3, -0.25) is 13.9 Å². The zero-order valence-corrected chi connectivity index (χ0v) is 24.7. The molecule has 204 valence electrons. The van der Waals surface area contributed by atoms with Crippen LogP contribution in [0.4, 0.5) is 5.69 Å². The third-order valence-electron chi connectivity index (χ3n) is 5.66. The standard InChI is InChI=1S/C27H37Cl2N3O4S/c1-7-24(26(34)30-27(3,4)5)31(18-20-13-14-22(28)23(29)17-20)25(33)12-9-15-32(37(6,35)36)21-11-8-10-19(2)16-21/h8,10-11,13-14,16-17,24H,7,9,12,15,18H2,1-6H3,(H,30,34)/t24-/m1/s1. The summed E-state index contributed by atoms with van der Waals surface area (Å²) in [7, 11) is -3.55. The lowest BCUT2D eigenvalue weighted by Crippen LogP contribution is -2.53. The molecule has 37 heavy (non-hydrogen) atoms. The number of carbonyl (C=O) groups is 2. The molecule has 2 rings (SSSR count). The molecule has 0 saturated carbocycles. The topological polar surface area (TPSA) is 86.8 Å². The molecule has 0 aliphatic carbocycles. The average Bonchev–Trinajstić information content (AvgIpc) is 2.76. The van der Waals surface area contributed by atoms with Gasteiger partial charge in [0, 0.05) is 25.0 Å². The van der Waals surface area contributed by atoms with Gasteiger partial charge in [-0.05, 0) is 75.9 Å². The number of hydrogen-bond donors (Lipinski definition) is 1. The zero-order valence-electron chi connectivity index (χ0n) is 22.3. The van der Waals surface area contributed by atoms with Crippen molar-refractivity contribution in [2.24, 2.45) is 0 Å². The van der Waals surface area contributed by atoms with Crippen molar-refractivity contribution in [2.75, 3.05) is 17.1 Å². The van der Waals surface area contributed by atoms with Crippen LogP contribution in [0.15, 0.2) is 42.5 Å². The van der Waals surface area contributed by atoms with Crippen LogP contribution in [0, 0.1) is 6.92 Å². The number of aryl methyl sites for hydroxylation is 1. The van der Waals surface area contributed by atoms with Gasteiger partial charge in [-0.1, -0.05) is 48.3 Å². The van der Waals surface area contributed by atoms with Crippen molar-refractivity contribution >= 4 is 50.7 Å². The number of halogens is 2. The first-order valence-corrected chi connectivity index (χ1v) is 14.8. The normalized spacial score (nSPS) is 12.6. The smallest absolute Gasteiger partial charge is 0.243 e. The van der Waals surface area contributed by atoms with E-state index in [-0.39, 0.29) is 37.7 Å². The highest BCUT2D eigenvalue weighted by atomic mass is 35.5. The molecule has 0 aliphatic heterocycles. The number of carbonyl (C=O) groups excluding carboxylic acids is 2. The molecule has 0 fully saturated rings. The Kier molecular flexibility index (Phi) is 10.9. The summed E-state index contributed by atoms with van der Waals surface area (Å²) < 4.78 is 26.3. The Labute approximate surface area is 231 Å². The lowest BCUT2D eigenvalue weighted by molar-refractivity contribution is -0.142. The maximum Gasteiger partial charge on any atom is 0.243 e. The van der Waals surface area contributed by atoms with Gasteiger partial charge in [0.05, 0.1) is 22.0 Å². The number of nitrogens with one attached hydrogen (secondary N) is 1. The Morgan fingerprint density at radius 1 is 1.05 bits per heavy atom. The summed E-state index contributed by atoms with van der Waals surface area (Å²) in [5.41, 5.74) is 1.76. The third kappa shape index (κ3) is 9.51. The van der Waals surface area contributed by atoms with Crippen LogP contribution in [0.3, 0.4) is 0 Å². The quantitative estimate of drug-likeness (QED) is 0.383. The highest BCUT2D eigenvalue weighted by molar-refractivity contribution is 7.92. The SMILES string of the molecule is CC[C@H](C(=O)NC(C)(C)C)N(Cc1ccc(Cl)c(Cl)c1)C(=O)CCCN(c1cccc(C)c1)S(C)(=O)=O. The summed E-state index contributed by atoms with van der Waals surface area (Å²) in [6.07, 6.45) is 1.92. The molecule has 0 aromatic heterocycles. The molecular weight excluding hydrogens is 533 g/mol. The van der Waals surface area contributed by atoms with Crippen LogP contribution in [0.25, 0.3) is 0 Å². The van der Waals surface area contributed by atoms with Gasteiger partial charge < -0.3 is 10.2 Å². The number of hydrogen-bond acceptors (Lipinski definition) is 4. The van der Waals surface area contributed by atoms with Crippen molar-refractivity contribution in [1.29, 1.82) is 0 Å². The predicted octanol–water partition coefficient (Wildman–Crippen LogP) is 5.57. The van der Waals surface area contributed by atoms with E-state index in [9.17, 15) is 18.0 Å². The van der Waals surface area contributed by atoms with Gasteiger partial charge in [0.15, 0.2) is 0 Å². The maximum absolute atomic E-state index is 13.5.